The summed E-state index contributed by atoms with van der Waals surface area (Å²) in [6.45, 7) is 3.87. The summed E-state index contributed by atoms with van der Waals surface area (Å²) in [6, 6.07) is 0. The normalized spacial score (nSPS) is 12.6. The van der Waals surface area contributed by atoms with Crippen LogP contribution in [0, 0.1) is 0 Å². The molecule has 0 aliphatic carbocycles. The zero-order valence-electron chi connectivity index (χ0n) is 10.3. The van der Waals surface area contributed by atoms with Crippen molar-refractivity contribution >= 4 is 21.9 Å². The molecule has 0 aromatic heterocycles. The summed E-state index contributed by atoms with van der Waals surface area (Å²) in [6.07, 6.45) is 4.70. The van der Waals surface area contributed by atoms with Crippen molar-refractivity contribution in [2.75, 3.05) is 6.61 Å². The molecule has 0 unspecified atom stereocenters. The van der Waals surface area contributed by atoms with Crippen LogP contribution in [0.25, 0.3) is 0 Å². The fraction of sp³-hybridized carbons (Fsp3) is 0.750. The molecule has 0 aromatic carbocycles. The number of unbranched alkanes of at least 4 members (excludes halogenated alkanes) is 3. The Morgan fingerprint density at radius 3 is 2.41 bits per heavy atom. The highest BCUT2D eigenvalue weighted by molar-refractivity contribution is 9.10. The van der Waals surface area contributed by atoms with Gasteiger partial charge in [-0.05, 0) is 35.7 Å². The maximum atomic E-state index is 13.1. The topological polar surface area (TPSA) is 26.3 Å². The molecule has 0 amide bonds. The standard InChI is InChI=1S/C12H19BrF2O2/c1-3-5-6-7-8-10(12(13,14)15)9-11(16)17-4-2/h9H,3-8H2,1-2H3/b10-9+. The molecule has 0 saturated carbocycles. The highest BCUT2D eigenvalue weighted by Crippen LogP contribution is 2.34. The van der Waals surface area contributed by atoms with Crippen LogP contribution in [-0.2, 0) is 9.53 Å². The van der Waals surface area contributed by atoms with Crippen LogP contribution in [0.15, 0.2) is 11.6 Å². The van der Waals surface area contributed by atoms with E-state index in [1.54, 1.807) is 6.92 Å². The minimum Gasteiger partial charge on any atom is -0.463 e. The number of carbonyl (C=O) groups excluding carboxylic acids is 1. The number of hydrogen-bond acceptors (Lipinski definition) is 2. The molecular formula is C12H19BrF2O2. The predicted molar refractivity (Wildman–Crippen MR) is 67.3 cm³/mol. The first-order valence-corrected chi connectivity index (χ1v) is 6.65. The van der Waals surface area contributed by atoms with Gasteiger partial charge in [0, 0.05) is 11.6 Å². The summed E-state index contributed by atoms with van der Waals surface area (Å²) in [4.78, 5) is 8.00. The Bertz CT molecular complexity index is 260. The molecule has 0 radical (unpaired) electrons. The SMILES string of the molecule is CCCCCC/C(=C\C(=O)OCC)C(F)(F)Br. The van der Waals surface area contributed by atoms with E-state index >= 15 is 0 Å². The molecule has 5 heteroatoms. The Labute approximate surface area is 110 Å². The maximum absolute atomic E-state index is 13.1. The zero-order valence-corrected chi connectivity index (χ0v) is 11.9. The van der Waals surface area contributed by atoms with Crippen molar-refractivity contribution in [2.24, 2.45) is 0 Å². The van der Waals surface area contributed by atoms with Crippen LogP contribution >= 0.6 is 15.9 Å². The van der Waals surface area contributed by atoms with Crippen molar-refractivity contribution in [2.45, 2.75) is 50.8 Å². The Morgan fingerprint density at radius 1 is 1.29 bits per heavy atom. The molecule has 0 spiro atoms. The van der Waals surface area contributed by atoms with Crippen LogP contribution < -0.4 is 0 Å². The quantitative estimate of drug-likeness (QED) is 0.287. The molecule has 0 aliphatic heterocycles. The Kier molecular flexibility index (Phi) is 8.39. The summed E-state index contributed by atoms with van der Waals surface area (Å²) in [5.74, 6) is -0.711. The van der Waals surface area contributed by atoms with Crippen LogP contribution in [0.5, 0.6) is 0 Å². The molecule has 0 bridgehead atoms. The van der Waals surface area contributed by atoms with E-state index in [-0.39, 0.29) is 18.6 Å². The van der Waals surface area contributed by atoms with E-state index in [1.807, 2.05) is 0 Å². The summed E-state index contributed by atoms with van der Waals surface area (Å²) in [5.41, 5.74) is -0.216. The van der Waals surface area contributed by atoms with Crippen LogP contribution in [-0.4, -0.2) is 17.4 Å². The van der Waals surface area contributed by atoms with Gasteiger partial charge in [0.25, 0.3) is 0 Å². The van der Waals surface area contributed by atoms with Gasteiger partial charge in [-0.3, -0.25) is 0 Å². The maximum Gasteiger partial charge on any atom is 0.330 e. The smallest absolute Gasteiger partial charge is 0.330 e. The summed E-state index contributed by atoms with van der Waals surface area (Å²) in [7, 11) is 0. The Hall–Kier alpha value is -0.450. The fourth-order valence-corrected chi connectivity index (χ4v) is 1.68. The third kappa shape index (κ3) is 8.30. The van der Waals surface area contributed by atoms with Crippen LogP contribution in [0.2, 0.25) is 0 Å². The minimum absolute atomic E-state index is 0.187. The van der Waals surface area contributed by atoms with Crippen molar-refractivity contribution < 1.29 is 18.3 Å². The van der Waals surface area contributed by atoms with Crippen LogP contribution in [0.3, 0.4) is 0 Å². The van der Waals surface area contributed by atoms with Gasteiger partial charge in [0.1, 0.15) is 0 Å². The number of allylic oxidation sites excluding steroid dienone is 1. The molecule has 2 nitrogen and oxygen atoms in total. The molecule has 0 fully saturated rings. The lowest BCUT2D eigenvalue weighted by atomic mass is 10.1. The van der Waals surface area contributed by atoms with Crippen molar-refractivity contribution in [3.05, 3.63) is 11.6 Å². The van der Waals surface area contributed by atoms with E-state index in [0.717, 1.165) is 25.3 Å². The average Bonchev–Trinajstić information content (AvgIpc) is 2.21. The molecule has 0 heterocycles. The van der Waals surface area contributed by atoms with Crippen molar-refractivity contribution in [1.29, 1.82) is 0 Å². The second-order valence-electron chi connectivity index (χ2n) is 3.73. The van der Waals surface area contributed by atoms with Gasteiger partial charge in [-0.15, -0.1) is 0 Å². The molecule has 0 aliphatic rings. The third-order valence-corrected chi connectivity index (χ3v) is 2.75. The van der Waals surface area contributed by atoms with Gasteiger partial charge >= 0.3 is 10.8 Å². The second-order valence-corrected chi connectivity index (χ2v) is 4.73. The Morgan fingerprint density at radius 2 is 1.94 bits per heavy atom. The number of rotatable bonds is 8. The molecule has 0 N–H and O–H groups in total. The largest absolute Gasteiger partial charge is 0.463 e. The van der Waals surface area contributed by atoms with Gasteiger partial charge in [-0.1, -0.05) is 26.2 Å². The van der Waals surface area contributed by atoms with Gasteiger partial charge in [-0.25, -0.2) is 4.79 Å². The molecule has 17 heavy (non-hydrogen) atoms. The number of hydrogen-bond donors (Lipinski definition) is 0. The lowest BCUT2D eigenvalue weighted by Crippen LogP contribution is -2.13. The minimum atomic E-state index is -3.13. The molecule has 0 saturated heterocycles. The van der Waals surface area contributed by atoms with Crippen LogP contribution in [0.4, 0.5) is 8.78 Å². The summed E-state index contributed by atoms with van der Waals surface area (Å²) in [5, 5.41) is 0. The van der Waals surface area contributed by atoms with Gasteiger partial charge in [0.15, 0.2) is 0 Å². The lowest BCUT2D eigenvalue weighted by molar-refractivity contribution is -0.137. The third-order valence-electron chi connectivity index (χ3n) is 2.24. The van der Waals surface area contributed by atoms with E-state index in [1.165, 1.54) is 0 Å². The number of carbonyl (C=O) groups is 1. The van der Waals surface area contributed by atoms with Crippen molar-refractivity contribution in [1.82, 2.24) is 0 Å². The van der Waals surface area contributed by atoms with Gasteiger partial charge in [0.05, 0.1) is 6.61 Å². The number of esters is 1. The number of ether oxygens (including phenoxy) is 1. The van der Waals surface area contributed by atoms with E-state index in [2.05, 4.69) is 27.6 Å². The molecule has 0 aromatic rings. The van der Waals surface area contributed by atoms with Crippen LogP contribution in [0.1, 0.15) is 46.0 Å². The van der Waals surface area contributed by atoms with E-state index in [0.29, 0.717) is 6.42 Å². The highest BCUT2D eigenvalue weighted by Gasteiger charge is 2.30. The van der Waals surface area contributed by atoms with Gasteiger partial charge in [0.2, 0.25) is 0 Å². The number of halogens is 3. The first-order valence-electron chi connectivity index (χ1n) is 5.86. The lowest BCUT2D eigenvalue weighted by Gasteiger charge is -2.13. The molecule has 100 valence electrons. The van der Waals surface area contributed by atoms with Crippen molar-refractivity contribution in [3.63, 3.8) is 0 Å². The van der Waals surface area contributed by atoms with E-state index in [9.17, 15) is 13.6 Å². The first kappa shape index (κ1) is 16.6. The summed E-state index contributed by atoms with van der Waals surface area (Å²) < 4.78 is 30.9. The monoisotopic (exact) mass is 312 g/mol. The average molecular weight is 313 g/mol. The van der Waals surface area contributed by atoms with Gasteiger partial charge < -0.3 is 4.74 Å². The molecular weight excluding hydrogens is 294 g/mol. The molecule has 0 atom stereocenters. The fourth-order valence-electron chi connectivity index (χ4n) is 1.36. The van der Waals surface area contributed by atoms with Crippen molar-refractivity contribution in [3.8, 4) is 0 Å². The highest BCUT2D eigenvalue weighted by atomic mass is 79.9. The van der Waals surface area contributed by atoms with Gasteiger partial charge in [-0.2, -0.15) is 8.78 Å². The number of alkyl halides is 3. The second kappa shape index (κ2) is 8.61. The van der Waals surface area contributed by atoms with E-state index in [4.69, 9.17) is 0 Å². The Balaban J connectivity index is 4.39. The molecule has 0 rings (SSSR count). The van der Waals surface area contributed by atoms with E-state index < -0.39 is 10.8 Å². The summed E-state index contributed by atoms with van der Waals surface area (Å²) >= 11 is 2.28. The zero-order chi connectivity index (χ0) is 13.3. The predicted octanol–water partition coefficient (Wildman–Crippen LogP) is 4.43. The first-order chi connectivity index (χ1) is 7.91.